The molecule has 0 spiro atoms. The Morgan fingerprint density at radius 3 is 1.83 bits per heavy atom. The molecule has 1 heterocycles. The van der Waals surface area contributed by atoms with Gasteiger partial charge in [0.25, 0.3) is 0 Å². The molecule has 150 valence electrons. The molecule has 3 aromatic carbocycles. The number of rotatable bonds is 6. The molecule has 1 N–H and O–H groups in total. The van der Waals surface area contributed by atoms with Crippen LogP contribution in [0.3, 0.4) is 0 Å². The lowest BCUT2D eigenvalue weighted by atomic mass is 9.77. The summed E-state index contributed by atoms with van der Waals surface area (Å²) in [5.41, 5.74) is 1.99. The van der Waals surface area contributed by atoms with Gasteiger partial charge < -0.3 is 14.6 Å². The second kappa shape index (κ2) is 8.25. The van der Waals surface area contributed by atoms with Gasteiger partial charge in [-0.05, 0) is 34.9 Å². The lowest BCUT2D eigenvalue weighted by Crippen LogP contribution is -2.39. The molecule has 0 radical (unpaired) electrons. The van der Waals surface area contributed by atoms with Crippen LogP contribution in [0.4, 0.5) is 5.82 Å². The Bertz CT molecular complexity index is 1130. The first-order chi connectivity index (χ1) is 14.6. The molecule has 0 aliphatic heterocycles. The van der Waals surface area contributed by atoms with Gasteiger partial charge in [0, 0.05) is 13.2 Å². The number of benzene rings is 3. The second-order valence-corrected chi connectivity index (χ2v) is 7.04. The minimum absolute atomic E-state index is 0.315. The molecule has 4 rings (SSSR count). The normalized spacial score (nSPS) is 11.1. The van der Waals surface area contributed by atoms with Crippen molar-refractivity contribution < 1.29 is 4.74 Å². The van der Waals surface area contributed by atoms with E-state index in [1.165, 1.54) is 4.57 Å². The number of anilines is 1. The van der Waals surface area contributed by atoms with Gasteiger partial charge in [-0.15, -0.1) is 0 Å². The standard InChI is InChI=1S/C25H23N3O2/c1-28-18-17-23(26-24(28)29)27-25(19-9-5-3-6-10-19,20-11-7-4-8-12-20)21-13-15-22(30-2)16-14-21/h3-18H,1-2H3,(H,26,27,29). The molecule has 0 bridgehead atoms. The average molecular weight is 397 g/mol. The predicted octanol–water partition coefficient (Wildman–Crippen LogP) is 4.19. The Kier molecular flexibility index (Phi) is 5.35. The van der Waals surface area contributed by atoms with E-state index in [9.17, 15) is 4.79 Å². The highest BCUT2D eigenvalue weighted by Crippen LogP contribution is 2.40. The Morgan fingerprint density at radius 2 is 1.33 bits per heavy atom. The van der Waals surface area contributed by atoms with E-state index in [1.807, 2.05) is 66.7 Å². The van der Waals surface area contributed by atoms with Crippen LogP contribution >= 0.6 is 0 Å². The molecule has 5 nitrogen and oxygen atoms in total. The third-order valence-electron chi connectivity index (χ3n) is 5.23. The van der Waals surface area contributed by atoms with Gasteiger partial charge >= 0.3 is 5.69 Å². The highest BCUT2D eigenvalue weighted by molar-refractivity contribution is 5.58. The summed E-state index contributed by atoms with van der Waals surface area (Å²) in [7, 11) is 3.34. The van der Waals surface area contributed by atoms with Crippen LogP contribution in [-0.4, -0.2) is 16.7 Å². The van der Waals surface area contributed by atoms with Crippen LogP contribution in [0, 0.1) is 0 Å². The van der Waals surface area contributed by atoms with Gasteiger partial charge in [-0.3, -0.25) is 0 Å². The van der Waals surface area contributed by atoms with Gasteiger partial charge in [0.05, 0.1) is 7.11 Å². The molecule has 0 aliphatic rings. The van der Waals surface area contributed by atoms with Crippen molar-refractivity contribution in [1.82, 2.24) is 9.55 Å². The minimum atomic E-state index is -0.756. The van der Waals surface area contributed by atoms with Crippen molar-refractivity contribution >= 4 is 5.82 Å². The van der Waals surface area contributed by atoms with Crippen molar-refractivity contribution in [1.29, 1.82) is 0 Å². The predicted molar refractivity (Wildman–Crippen MR) is 119 cm³/mol. The van der Waals surface area contributed by atoms with E-state index in [0.717, 1.165) is 22.4 Å². The number of hydrogen-bond donors (Lipinski definition) is 1. The largest absolute Gasteiger partial charge is 0.497 e. The fourth-order valence-electron chi connectivity index (χ4n) is 3.66. The van der Waals surface area contributed by atoms with Crippen molar-refractivity contribution in [3.05, 3.63) is 124 Å². The molecule has 30 heavy (non-hydrogen) atoms. The molecule has 0 saturated heterocycles. The van der Waals surface area contributed by atoms with E-state index < -0.39 is 5.54 Å². The number of nitrogens with one attached hydrogen (secondary N) is 1. The fraction of sp³-hybridized carbons (Fsp3) is 0.120. The summed E-state index contributed by atoms with van der Waals surface area (Å²) >= 11 is 0. The minimum Gasteiger partial charge on any atom is -0.497 e. The SMILES string of the molecule is COc1ccc(C(Nc2ccn(C)c(=O)n2)(c2ccccc2)c2ccccc2)cc1. The van der Waals surface area contributed by atoms with Crippen molar-refractivity contribution in [2.75, 3.05) is 12.4 Å². The Labute approximate surface area is 175 Å². The van der Waals surface area contributed by atoms with Crippen LogP contribution < -0.4 is 15.7 Å². The maximum absolute atomic E-state index is 12.2. The van der Waals surface area contributed by atoms with Crippen molar-refractivity contribution in [3.8, 4) is 5.75 Å². The zero-order valence-electron chi connectivity index (χ0n) is 16.9. The Hall–Kier alpha value is -3.86. The first-order valence-electron chi connectivity index (χ1n) is 9.71. The summed E-state index contributed by atoms with van der Waals surface area (Å²) in [6, 6.07) is 30.1. The van der Waals surface area contributed by atoms with Gasteiger partial charge in [-0.25, -0.2) is 4.79 Å². The summed E-state index contributed by atoms with van der Waals surface area (Å²) in [6.45, 7) is 0. The van der Waals surface area contributed by atoms with Crippen molar-refractivity contribution in [2.24, 2.45) is 7.05 Å². The molecule has 0 atom stereocenters. The van der Waals surface area contributed by atoms with Crippen LogP contribution in [0.25, 0.3) is 0 Å². The third-order valence-corrected chi connectivity index (χ3v) is 5.23. The van der Waals surface area contributed by atoms with Crippen LogP contribution in [0.2, 0.25) is 0 Å². The quantitative estimate of drug-likeness (QED) is 0.496. The molecular weight excluding hydrogens is 374 g/mol. The average Bonchev–Trinajstić information content (AvgIpc) is 2.81. The van der Waals surface area contributed by atoms with Crippen LogP contribution in [-0.2, 0) is 12.6 Å². The lowest BCUT2D eigenvalue weighted by Gasteiger charge is -2.37. The molecule has 0 aliphatic carbocycles. The highest BCUT2D eigenvalue weighted by atomic mass is 16.5. The van der Waals surface area contributed by atoms with Crippen LogP contribution in [0.1, 0.15) is 16.7 Å². The zero-order valence-corrected chi connectivity index (χ0v) is 16.9. The maximum Gasteiger partial charge on any atom is 0.349 e. The monoisotopic (exact) mass is 397 g/mol. The van der Waals surface area contributed by atoms with E-state index in [4.69, 9.17) is 4.74 Å². The van der Waals surface area contributed by atoms with Gasteiger partial charge in [-0.2, -0.15) is 4.98 Å². The second-order valence-electron chi connectivity index (χ2n) is 7.04. The van der Waals surface area contributed by atoms with Gasteiger partial charge in [0.15, 0.2) is 0 Å². The smallest absolute Gasteiger partial charge is 0.349 e. The summed E-state index contributed by atoms with van der Waals surface area (Å²) in [4.78, 5) is 16.5. The maximum atomic E-state index is 12.2. The van der Waals surface area contributed by atoms with Gasteiger partial charge in [0.1, 0.15) is 17.1 Å². The number of ether oxygens (including phenoxy) is 1. The van der Waals surface area contributed by atoms with Crippen molar-refractivity contribution in [3.63, 3.8) is 0 Å². The molecule has 4 aromatic rings. The van der Waals surface area contributed by atoms with E-state index in [2.05, 4.69) is 34.6 Å². The van der Waals surface area contributed by atoms with E-state index in [-0.39, 0.29) is 5.69 Å². The molecule has 0 unspecified atom stereocenters. The third kappa shape index (κ3) is 3.57. The zero-order chi connectivity index (χ0) is 21.0. The molecule has 0 saturated carbocycles. The van der Waals surface area contributed by atoms with E-state index >= 15 is 0 Å². The summed E-state index contributed by atoms with van der Waals surface area (Å²) in [5.74, 6) is 1.28. The van der Waals surface area contributed by atoms with E-state index in [0.29, 0.717) is 5.82 Å². The Balaban J connectivity index is 1.99. The summed E-state index contributed by atoms with van der Waals surface area (Å²) in [6.07, 6.45) is 1.71. The number of hydrogen-bond acceptors (Lipinski definition) is 4. The molecule has 0 fully saturated rings. The fourth-order valence-corrected chi connectivity index (χ4v) is 3.66. The first-order valence-corrected chi connectivity index (χ1v) is 9.71. The number of nitrogens with zero attached hydrogens (tertiary/aromatic N) is 2. The molecular formula is C25H23N3O2. The highest BCUT2D eigenvalue weighted by Gasteiger charge is 2.36. The van der Waals surface area contributed by atoms with Gasteiger partial charge in [-0.1, -0.05) is 72.8 Å². The first kappa shape index (κ1) is 19.5. The van der Waals surface area contributed by atoms with E-state index in [1.54, 1.807) is 20.4 Å². The topological polar surface area (TPSA) is 56.1 Å². The molecule has 0 amide bonds. The molecule has 5 heteroatoms. The number of methoxy groups -OCH3 is 1. The summed E-state index contributed by atoms with van der Waals surface area (Å²) in [5, 5.41) is 3.58. The van der Waals surface area contributed by atoms with Crippen LogP contribution in [0.5, 0.6) is 5.75 Å². The number of aryl methyl sites for hydroxylation is 1. The molecule has 1 aromatic heterocycles. The van der Waals surface area contributed by atoms with Crippen LogP contribution in [0.15, 0.2) is 102 Å². The summed E-state index contributed by atoms with van der Waals surface area (Å²) < 4.78 is 6.81. The lowest BCUT2D eigenvalue weighted by molar-refractivity contribution is 0.414. The van der Waals surface area contributed by atoms with Gasteiger partial charge in [0.2, 0.25) is 0 Å². The Morgan fingerprint density at radius 1 is 0.800 bits per heavy atom. The number of aromatic nitrogens is 2. The van der Waals surface area contributed by atoms with Crippen molar-refractivity contribution in [2.45, 2.75) is 5.54 Å².